The van der Waals surface area contributed by atoms with Gasteiger partial charge < -0.3 is 10.0 Å². The molecule has 0 bridgehead atoms. The number of nitro benzene ring substituents is 1. The SMILES string of the molecule is CN(Cc1csc(-c2cccc([N+](=O)[O-])c2)n1)CC1CCCC1O. The minimum atomic E-state index is -0.390. The molecular weight excluding hydrogens is 326 g/mol. The predicted molar refractivity (Wildman–Crippen MR) is 93.9 cm³/mol. The van der Waals surface area contributed by atoms with Gasteiger partial charge in [0.15, 0.2) is 0 Å². The summed E-state index contributed by atoms with van der Waals surface area (Å²) in [6, 6.07) is 6.57. The van der Waals surface area contributed by atoms with E-state index in [1.54, 1.807) is 12.1 Å². The number of non-ortho nitro benzene ring substituents is 1. The molecule has 1 saturated carbocycles. The Bertz CT molecular complexity index is 719. The molecule has 24 heavy (non-hydrogen) atoms. The summed E-state index contributed by atoms with van der Waals surface area (Å²) in [6.07, 6.45) is 2.92. The molecular formula is C17H21N3O3S. The quantitative estimate of drug-likeness (QED) is 0.640. The molecule has 7 heteroatoms. The van der Waals surface area contributed by atoms with Crippen LogP contribution in [-0.2, 0) is 6.54 Å². The van der Waals surface area contributed by atoms with Gasteiger partial charge in [0.2, 0.25) is 0 Å². The molecule has 3 rings (SSSR count). The molecule has 128 valence electrons. The molecule has 0 spiro atoms. The van der Waals surface area contributed by atoms with E-state index in [0.29, 0.717) is 12.5 Å². The van der Waals surface area contributed by atoms with Gasteiger partial charge in [0.05, 0.1) is 16.7 Å². The lowest BCUT2D eigenvalue weighted by atomic mass is 10.1. The average molecular weight is 347 g/mol. The second kappa shape index (κ2) is 7.38. The van der Waals surface area contributed by atoms with Crippen molar-refractivity contribution in [2.45, 2.75) is 31.9 Å². The number of aliphatic hydroxyl groups excluding tert-OH is 1. The topological polar surface area (TPSA) is 79.5 Å². The fourth-order valence-electron chi connectivity index (χ4n) is 3.24. The van der Waals surface area contributed by atoms with Gasteiger partial charge in [0.1, 0.15) is 5.01 Å². The van der Waals surface area contributed by atoms with Gasteiger partial charge in [-0.2, -0.15) is 0 Å². The third kappa shape index (κ3) is 3.98. The van der Waals surface area contributed by atoms with Crippen LogP contribution in [0.3, 0.4) is 0 Å². The molecule has 0 amide bonds. The number of nitro groups is 1. The van der Waals surface area contributed by atoms with Crippen molar-refractivity contribution in [2.24, 2.45) is 5.92 Å². The summed E-state index contributed by atoms with van der Waals surface area (Å²) in [6.45, 7) is 1.58. The summed E-state index contributed by atoms with van der Waals surface area (Å²) >= 11 is 1.50. The number of thiazole rings is 1. The van der Waals surface area contributed by atoms with Gasteiger partial charge in [-0.05, 0) is 25.8 Å². The zero-order valence-electron chi connectivity index (χ0n) is 13.6. The van der Waals surface area contributed by atoms with E-state index in [9.17, 15) is 15.2 Å². The maximum atomic E-state index is 10.9. The Kier molecular flexibility index (Phi) is 5.23. The zero-order valence-corrected chi connectivity index (χ0v) is 14.4. The van der Waals surface area contributed by atoms with Crippen LogP contribution < -0.4 is 0 Å². The Labute approximate surface area is 144 Å². The fourth-order valence-corrected chi connectivity index (χ4v) is 4.04. The van der Waals surface area contributed by atoms with Crippen molar-refractivity contribution in [3.8, 4) is 10.6 Å². The number of hydrogen-bond acceptors (Lipinski definition) is 6. The van der Waals surface area contributed by atoms with Crippen molar-refractivity contribution in [3.05, 3.63) is 45.5 Å². The largest absolute Gasteiger partial charge is 0.393 e. The van der Waals surface area contributed by atoms with Crippen LogP contribution in [0.2, 0.25) is 0 Å². The number of benzene rings is 1. The van der Waals surface area contributed by atoms with Crippen molar-refractivity contribution in [3.63, 3.8) is 0 Å². The van der Waals surface area contributed by atoms with Crippen LogP contribution in [0, 0.1) is 16.0 Å². The van der Waals surface area contributed by atoms with E-state index in [1.807, 2.05) is 18.5 Å². The van der Waals surface area contributed by atoms with Crippen molar-refractivity contribution < 1.29 is 10.0 Å². The second-order valence-corrected chi connectivity index (χ2v) is 7.26. The number of rotatable bonds is 6. The first-order chi connectivity index (χ1) is 11.5. The molecule has 2 aromatic rings. The third-order valence-corrected chi connectivity index (χ3v) is 5.39. The zero-order chi connectivity index (χ0) is 17.1. The Morgan fingerprint density at radius 3 is 3.00 bits per heavy atom. The van der Waals surface area contributed by atoms with Gasteiger partial charge in [0, 0.05) is 36.2 Å². The van der Waals surface area contributed by atoms with Crippen LogP contribution in [-0.4, -0.2) is 39.6 Å². The summed E-state index contributed by atoms with van der Waals surface area (Å²) in [5, 5.41) is 23.6. The highest BCUT2D eigenvalue weighted by molar-refractivity contribution is 7.13. The molecule has 6 nitrogen and oxygen atoms in total. The number of aromatic nitrogens is 1. The van der Waals surface area contributed by atoms with Crippen molar-refractivity contribution >= 4 is 17.0 Å². The smallest absolute Gasteiger partial charge is 0.270 e. The standard InChI is InChI=1S/C17H21N3O3S/c1-19(9-13-5-3-7-16(13)21)10-14-11-24-17(18-14)12-4-2-6-15(8-12)20(22)23/h2,4,6,8,11,13,16,21H,3,5,7,9-10H2,1H3. The van der Waals surface area contributed by atoms with Crippen molar-refractivity contribution in [1.82, 2.24) is 9.88 Å². The minimum Gasteiger partial charge on any atom is -0.393 e. The Hall–Kier alpha value is -1.83. The molecule has 1 aromatic heterocycles. The van der Waals surface area contributed by atoms with Crippen LogP contribution in [0.1, 0.15) is 25.0 Å². The van der Waals surface area contributed by atoms with Gasteiger partial charge in [-0.25, -0.2) is 4.98 Å². The average Bonchev–Trinajstić information content (AvgIpc) is 3.17. The molecule has 0 aliphatic heterocycles. The Morgan fingerprint density at radius 1 is 1.46 bits per heavy atom. The van der Waals surface area contributed by atoms with E-state index in [-0.39, 0.29) is 11.8 Å². The lowest BCUT2D eigenvalue weighted by molar-refractivity contribution is -0.384. The van der Waals surface area contributed by atoms with E-state index < -0.39 is 4.92 Å². The van der Waals surface area contributed by atoms with Crippen LogP contribution in [0.25, 0.3) is 10.6 Å². The fraction of sp³-hybridized carbons (Fsp3) is 0.471. The van der Waals surface area contributed by atoms with Gasteiger partial charge in [0.25, 0.3) is 5.69 Å². The van der Waals surface area contributed by atoms with E-state index in [1.165, 1.54) is 17.4 Å². The van der Waals surface area contributed by atoms with Gasteiger partial charge in [-0.1, -0.05) is 18.6 Å². The number of nitrogens with zero attached hydrogens (tertiary/aromatic N) is 3. The molecule has 0 radical (unpaired) electrons. The highest BCUT2D eigenvalue weighted by atomic mass is 32.1. The van der Waals surface area contributed by atoms with Crippen LogP contribution >= 0.6 is 11.3 Å². The minimum absolute atomic E-state index is 0.0802. The van der Waals surface area contributed by atoms with Gasteiger partial charge in [-0.3, -0.25) is 10.1 Å². The predicted octanol–water partition coefficient (Wildman–Crippen LogP) is 3.31. The molecule has 2 atom stereocenters. The van der Waals surface area contributed by atoms with Crippen LogP contribution in [0.15, 0.2) is 29.6 Å². The molecule has 1 N–H and O–H groups in total. The number of hydrogen-bond donors (Lipinski definition) is 1. The second-order valence-electron chi connectivity index (χ2n) is 6.41. The van der Waals surface area contributed by atoms with E-state index in [0.717, 1.165) is 42.1 Å². The monoisotopic (exact) mass is 347 g/mol. The summed E-state index contributed by atoms with van der Waals surface area (Å²) in [7, 11) is 2.04. The van der Waals surface area contributed by atoms with Crippen molar-refractivity contribution in [2.75, 3.05) is 13.6 Å². The van der Waals surface area contributed by atoms with E-state index in [4.69, 9.17) is 0 Å². The van der Waals surface area contributed by atoms with Crippen LogP contribution in [0.5, 0.6) is 0 Å². The summed E-state index contributed by atoms with van der Waals surface area (Å²) < 4.78 is 0. The molecule has 1 aliphatic rings. The molecule has 0 saturated heterocycles. The summed E-state index contributed by atoms with van der Waals surface area (Å²) in [5.41, 5.74) is 1.81. The molecule has 1 heterocycles. The Balaban J connectivity index is 1.65. The lowest BCUT2D eigenvalue weighted by Gasteiger charge is -2.22. The maximum Gasteiger partial charge on any atom is 0.270 e. The highest BCUT2D eigenvalue weighted by Gasteiger charge is 2.26. The number of aliphatic hydroxyl groups is 1. The molecule has 1 fully saturated rings. The summed E-state index contributed by atoms with van der Waals surface area (Å²) in [4.78, 5) is 17.3. The van der Waals surface area contributed by atoms with E-state index >= 15 is 0 Å². The van der Waals surface area contributed by atoms with E-state index in [2.05, 4.69) is 9.88 Å². The first kappa shape index (κ1) is 17.0. The third-order valence-electron chi connectivity index (χ3n) is 4.45. The highest BCUT2D eigenvalue weighted by Crippen LogP contribution is 2.28. The normalized spacial score (nSPS) is 20.6. The van der Waals surface area contributed by atoms with Gasteiger partial charge in [-0.15, -0.1) is 11.3 Å². The molecule has 1 aliphatic carbocycles. The molecule has 1 aromatic carbocycles. The summed E-state index contributed by atoms with van der Waals surface area (Å²) in [5.74, 6) is 0.352. The lowest BCUT2D eigenvalue weighted by Crippen LogP contribution is -2.29. The first-order valence-electron chi connectivity index (χ1n) is 8.09. The maximum absolute atomic E-state index is 10.9. The van der Waals surface area contributed by atoms with Crippen molar-refractivity contribution in [1.29, 1.82) is 0 Å². The first-order valence-corrected chi connectivity index (χ1v) is 8.96. The van der Waals surface area contributed by atoms with Gasteiger partial charge >= 0.3 is 0 Å². The molecule has 2 unspecified atom stereocenters. The Morgan fingerprint density at radius 2 is 2.29 bits per heavy atom. The van der Waals surface area contributed by atoms with Crippen LogP contribution in [0.4, 0.5) is 5.69 Å².